The van der Waals surface area contributed by atoms with Gasteiger partial charge in [-0.05, 0) is 25.5 Å². The van der Waals surface area contributed by atoms with Crippen molar-refractivity contribution in [1.82, 2.24) is 20.4 Å². The number of hydrogen-bond donors (Lipinski definition) is 1. The Morgan fingerprint density at radius 3 is 2.55 bits per heavy atom. The molecule has 29 heavy (non-hydrogen) atoms. The first-order valence-corrected chi connectivity index (χ1v) is 10.2. The Hall–Kier alpha value is -2.48. The van der Waals surface area contributed by atoms with Gasteiger partial charge >= 0.3 is 0 Å². The number of morpholine rings is 1. The van der Waals surface area contributed by atoms with Gasteiger partial charge in [-0.3, -0.25) is 4.79 Å². The van der Waals surface area contributed by atoms with Crippen LogP contribution in [0.25, 0.3) is 0 Å². The van der Waals surface area contributed by atoms with Crippen LogP contribution in [0.1, 0.15) is 58.3 Å². The highest BCUT2D eigenvalue weighted by atomic mass is 16.5. The summed E-state index contributed by atoms with van der Waals surface area (Å²) in [6.07, 6.45) is 2.93. The molecule has 158 valence electrons. The van der Waals surface area contributed by atoms with Crippen LogP contribution in [-0.4, -0.2) is 46.3 Å². The molecule has 8 nitrogen and oxygen atoms in total. The summed E-state index contributed by atoms with van der Waals surface area (Å²) in [4.78, 5) is 23.3. The zero-order chi connectivity index (χ0) is 21.0. The summed E-state index contributed by atoms with van der Waals surface area (Å²) >= 11 is 0. The lowest BCUT2D eigenvalue weighted by molar-refractivity contribution is -0.121. The smallest absolute Gasteiger partial charge is 0.227 e. The van der Waals surface area contributed by atoms with E-state index in [4.69, 9.17) is 9.26 Å². The van der Waals surface area contributed by atoms with Gasteiger partial charge in [0.2, 0.25) is 11.8 Å². The predicted molar refractivity (Wildman–Crippen MR) is 110 cm³/mol. The van der Waals surface area contributed by atoms with Gasteiger partial charge in [0.1, 0.15) is 5.82 Å². The Bertz CT molecular complexity index is 802. The number of rotatable bonds is 6. The fraction of sp³-hybridized carbons (Fsp3) is 0.619. The van der Waals surface area contributed by atoms with Crippen molar-refractivity contribution < 1.29 is 14.1 Å². The molecule has 1 aliphatic heterocycles. The van der Waals surface area contributed by atoms with Gasteiger partial charge in [0.15, 0.2) is 5.82 Å². The molecule has 2 unspecified atom stereocenters. The number of carbonyl (C=O) groups is 1. The van der Waals surface area contributed by atoms with E-state index in [1.807, 2.05) is 39.1 Å². The van der Waals surface area contributed by atoms with E-state index in [1.54, 1.807) is 0 Å². The van der Waals surface area contributed by atoms with Gasteiger partial charge in [-0.25, -0.2) is 4.98 Å². The minimum Gasteiger partial charge on any atom is -0.372 e. The fourth-order valence-electron chi connectivity index (χ4n) is 3.24. The molecule has 1 amide bonds. The van der Waals surface area contributed by atoms with E-state index in [2.05, 4.69) is 39.2 Å². The van der Waals surface area contributed by atoms with Crippen molar-refractivity contribution in [1.29, 1.82) is 0 Å². The second kappa shape index (κ2) is 8.90. The van der Waals surface area contributed by atoms with Crippen LogP contribution in [0, 0.1) is 0 Å². The lowest BCUT2D eigenvalue weighted by Gasteiger charge is -2.36. The number of aromatic nitrogens is 3. The van der Waals surface area contributed by atoms with E-state index in [0.717, 1.165) is 24.5 Å². The van der Waals surface area contributed by atoms with Crippen LogP contribution in [0.5, 0.6) is 0 Å². The summed E-state index contributed by atoms with van der Waals surface area (Å²) in [5, 5.41) is 6.89. The Balaban J connectivity index is 1.45. The van der Waals surface area contributed by atoms with Crippen LogP contribution in [-0.2, 0) is 27.9 Å². The highest BCUT2D eigenvalue weighted by Crippen LogP contribution is 2.19. The van der Waals surface area contributed by atoms with Gasteiger partial charge in [-0.15, -0.1) is 0 Å². The van der Waals surface area contributed by atoms with E-state index in [-0.39, 0.29) is 23.5 Å². The van der Waals surface area contributed by atoms with Crippen LogP contribution >= 0.6 is 0 Å². The standard InChI is InChI=1S/C21H31N5O3/c1-14-12-26(13-15(2)28-14)17-7-6-16(10-22-17)11-23-18(27)8-9-19-24-20(25-29-19)21(3,4)5/h6-7,10,14-15H,8-9,11-13H2,1-5H3,(H,23,27). The molecule has 8 heteroatoms. The second-order valence-corrected chi connectivity index (χ2v) is 8.73. The van der Waals surface area contributed by atoms with Gasteiger partial charge < -0.3 is 19.5 Å². The molecule has 0 radical (unpaired) electrons. The summed E-state index contributed by atoms with van der Waals surface area (Å²) in [5.74, 6) is 2.03. The molecule has 1 fully saturated rings. The van der Waals surface area contributed by atoms with Crippen molar-refractivity contribution in [3.05, 3.63) is 35.6 Å². The lowest BCUT2D eigenvalue weighted by atomic mass is 9.96. The number of pyridine rings is 1. The third-order valence-corrected chi connectivity index (χ3v) is 4.75. The van der Waals surface area contributed by atoms with Crippen molar-refractivity contribution in [2.45, 2.75) is 71.6 Å². The maximum absolute atomic E-state index is 12.1. The van der Waals surface area contributed by atoms with Crippen LogP contribution in [0.2, 0.25) is 0 Å². The van der Waals surface area contributed by atoms with Crippen molar-refractivity contribution in [3.8, 4) is 0 Å². The molecule has 2 aromatic rings. The van der Waals surface area contributed by atoms with E-state index >= 15 is 0 Å². The maximum atomic E-state index is 12.1. The first-order chi connectivity index (χ1) is 13.7. The SMILES string of the molecule is CC1CN(c2ccc(CNC(=O)CCc3nc(C(C)(C)C)no3)cn2)CC(C)O1. The van der Waals surface area contributed by atoms with Gasteiger partial charge in [-0.2, -0.15) is 4.98 Å². The molecule has 1 saturated heterocycles. The van der Waals surface area contributed by atoms with Crippen molar-refractivity contribution >= 4 is 11.7 Å². The Kier molecular flexibility index (Phi) is 6.52. The summed E-state index contributed by atoms with van der Waals surface area (Å²) in [6, 6.07) is 4.00. The van der Waals surface area contributed by atoms with Crippen molar-refractivity contribution in [2.75, 3.05) is 18.0 Å². The number of amides is 1. The van der Waals surface area contributed by atoms with Crippen LogP contribution in [0.3, 0.4) is 0 Å². The molecule has 0 bridgehead atoms. The molecule has 0 aliphatic carbocycles. The second-order valence-electron chi connectivity index (χ2n) is 8.73. The molecule has 0 aromatic carbocycles. The monoisotopic (exact) mass is 401 g/mol. The average Bonchev–Trinajstić information content (AvgIpc) is 3.14. The first-order valence-electron chi connectivity index (χ1n) is 10.2. The molecule has 3 heterocycles. The number of nitrogens with zero attached hydrogens (tertiary/aromatic N) is 4. The predicted octanol–water partition coefficient (Wildman–Crippen LogP) is 2.62. The van der Waals surface area contributed by atoms with Crippen LogP contribution in [0.4, 0.5) is 5.82 Å². The molecule has 2 aromatic heterocycles. The number of anilines is 1. The van der Waals surface area contributed by atoms with E-state index in [0.29, 0.717) is 31.1 Å². The lowest BCUT2D eigenvalue weighted by Crippen LogP contribution is -2.45. The minimum atomic E-state index is -0.166. The molecule has 0 spiro atoms. The quantitative estimate of drug-likeness (QED) is 0.795. The minimum absolute atomic E-state index is 0.0552. The van der Waals surface area contributed by atoms with Crippen molar-refractivity contribution in [3.63, 3.8) is 0 Å². The van der Waals surface area contributed by atoms with E-state index < -0.39 is 0 Å². The van der Waals surface area contributed by atoms with Gasteiger partial charge in [0.05, 0.1) is 12.2 Å². The van der Waals surface area contributed by atoms with Crippen LogP contribution in [0.15, 0.2) is 22.9 Å². The highest BCUT2D eigenvalue weighted by Gasteiger charge is 2.23. The fourth-order valence-corrected chi connectivity index (χ4v) is 3.24. The molecule has 2 atom stereocenters. The number of hydrogen-bond acceptors (Lipinski definition) is 7. The normalized spacial score (nSPS) is 20.0. The van der Waals surface area contributed by atoms with E-state index in [1.165, 1.54) is 0 Å². The third-order valence-electron chi connectivity index (χ3n) is 4.75. The summed E-state index contributed by atoms with van der Waals surface area (Å²) in [5.41, 5.74) is 0.796. The number of carbonyl (C=O) groups excluding carboxylic acids is 1. The largest absolute Gasteiger partial charge is 0.372 e. The van der Waals surface area contributed by atoms with Gasteiger partial charge in [0, 0.05) is 44.1 Å². The molecular formula is C21H31N5O3. The average molecular weight is 402 g/mol. The summed E-state index contributed by atoms with van der Waals surface area (Å²) < 4.78 is 11.0. The van der Waals surface area contributed by atoms with Gasteiger partial charge in [0.25, 0.3) is 0 Å². The Morgan fingerprint density at radius 1 is 1.24 bits per heavy atom. The summed E-state index contributed by atoms with van der Waals surface area (Å²) in [6.45, 7) is 12.3. The zero-order valence-electron chi connectivity index (χ0n) is 17.9. The summed E-state index contributed by atoms with van der Waals surface area (Å²) in [7, 11) is 0. The molecule has 1 aliphatic rings. The highest BCUT2D eigenvalue weighted by molar-refractivity contribution is 5.76. The molecule has 0 saturated carbocycles. The molecule has 3 rings (SSSR count). The topological polar surface area (TPSA) is 93.4 Å². The zero-order valence-corrected chi connectivity index (χ0v) is 17.9. The number of ether oxygens (including phenoxy) is 1. The molecular weight excluding hydrogens is 370 g/mol. The third kappa shape index (κ3) is 6.00. The molecule has 1 N–H and O–H groups in total. The maximum Gasteiger partial charge on any atom is 0.227 e. The first kappa shape index (κ1) is 21.2. The Morgan fingerprint density at radius 2 is 1.97 bits per heavy atom. The van der Waals surface area contributed by atoms with E-state index in [9.17, 15) is 4.79 Å². The van der Waals surface area contributed by atoms with Crippen LogP contribution < -0.4 is 10.2 Å². The number of nitrogens with one attached hydrogen (secondary N) is 1. The van der Waals surface area contributed by atoms with Gasteiger partial charge in [-0.1, -0.05) is 32.0 Å². The van der Waals surface area contributed by atoms with Crippen molar-refractivity contribution in [2.24, 2.45) is 0 Å². The number of aryl methyl sites for hydroxylation is 1. The Labute approximate surface area is 172 Å².